The fourth-order valence-corrected chi connectivity index (χ4v) is 4.09. The smallest absolute Gasteiger partial charge is 0.277 e. The van der Waals surface area contributed by atoms with Crippen molar-refractivity contribution in [1.82, 2.24) is 15.5 Å². The molecule has 3 aliphatic rings. The number of aromatic nitrogens is 2. The number of halogens is 1. The number of amides is 1. The second kappa shape index (κ2) is 5.83. The number of hydrogen-bond acceptors (Lipinski definition) is 4. The maximum Gasteiger partial charge on any atom is 0.277 e. The topological polar surface area (TPSA) is 79.0 Å². The van der Waals surface area contributed by atoms with Crippen molar-refractivity contribution in [2.45, 2.75) is 43.4 Å². The van der Waals surface area contributed by atoms with Gasteiger partial charge in [-0.05, 0) is 37.0 Å². The molecule has 3 heterocycles. The fourth-order valence-electron chi connectivity index (χ4n) is 3.76. The van der Waals surface area contributed by atoms with Gasteiger partial charge in [0.15, 0.2) is 5.69 Å². The molecule has 7 heteroatoms. The maximum absolute atomic E-state index is 12.4. The standard InChI is InChI=1S/C18H19ClN4O2/c19-14-15(9-1-2-9)22-23-16(14)18(24)21-11-5-3-10(4-6-11)17-13-7-12(25-17)8-20-13/h3-6,9,12-13,17,20H,1-2,7-8H2,(H,21,24)(H,22,23)/t12-,13-,17+/m1/s1. The molecule has 1 aromatic carbocycles. The Morgan fingerprint density at radius 3 is 2.72 bits per heavy atom. The van der Waals surface area contributed by atoms with Crippen LogP contribution in [-0.4, -0.2) is 34.8 Å². The Kier molecular flexibility index (Phi) is 3.58. The highest BCUT2D eigenvalue weighted by molar-refractivity contribution is 6.34. The number of carbonyl (C=O) groups is 1. The highest BCUT2D eigenvalue weighted by Gasteiger charge is 2.41. The van der Waals surface area contributed by atoms with E-state index in [-0.39, 0.29) is 17.7 Å². The van der Waals surface area contributed by atoms with Gasteiger partial charge in [0.2, 0.25) is 0 Å². The lowest BCUT2D eigenvalue weighted by Gasteiger charge is -2.23. The zero-order chi connectivity index (χ0) is 17.0. The van der Waals surface area contributed by atoms with E-state index in [2.05, 4.69) is 20.8 Å². The summed E-state index contributed by atoms with van der Waals surface area (Å²) in [6.07, 6.45) is 3.71. The van der Waals surface area contributed by atoms with Gasteiger partial charge in [-0.25, -0.2) is 0 Å². The predicted octanol–water partition coefficient (Wildman–Crippen LogP) is 2.99. The number of fused-ring (bicyclic) bond motifs is 2. The first-order valence-corrected chi connectivity index (χ1v) is 9.11. The number of H-pyrrole nitrogens is 1. The fraction of sp³-hybridized carbons (Fsp3) is 0.444. The van der Waals surface area contributed by atoms with Crippen LogP contribution < -0.4 is 10.6 Å². The number of aromatic amines is 1. The largest absolute Gasteiger partial charge is 0.367 e. The van der Waals surface area contributed by atoms with Crippen molar-refractivity contribution in [3.63, 3.8) is 0 Å². The molecule has 5 rings (SSSR count). The van der Waals surface area contributed by atoms with Crippen molar-refractivity contribution in [3.05, 3.63) is 46.2 Å². The third-order valence-electron chi connectivity index (χ3n) is 5.26. The second-order valence-electron chi connectivity index (χ2n) is 7.08. The van der Waals surface area contributed by atoms with Crippen molar-refractivity contribution in [2.75, 3.05) is 11.9 Å². The number of anilines is 1. The lowest BCUT2D eigenvalue weighted by Crippen LogP contribution is -2.33. The highest BCUT2D eigenvalue weighted by atomic mass is 35.5. The van der Waals surface area contributed by atoms with Gasteiger partial charge >= 0.3 is 0 Å². The molecule has 1 saturated carbocycles. The van der Waals surface area contributed by atoms with Crippen molar-refractivity contribution in [2.24, 2.45) is 0 Å². The molecule has 1 aromatic heterocycles. The quantitative estimate of drug-likeness (QED) is 0.785. The van der Waals surface area contributed by atoms with E-state index >= 15 is 0 Å². The molecule has 1 aliphatic carbocycles. The van der Waals surface area contributed by atoms with Crippen LogP contribution in [0, 0.1) is 0 Å². The molecule has 130 valence electrons. The molecular weight excluding hydrogens is 340 g/mol. The van der Waals surface area contributed by atoms with Gasteiger partial charge in [-0.3, -0.25) is 9.89 Å². The molecule has 3 fully saturated rings. The van der Waals surface area contributed by atoms with Gasteiger partial charge in [0.25, 0.3) is 5.91 Å². The van der Waals surface area contributed by atoms with E-state index in [9.17, 15) is 4.79 Å². The lowest BCUT2D eigenvalue weighted by molar-refractivity contribution is 0.0160. The van der Waals surface area contributed by atoms with Crippen molar-refractivity contribution in [3.8, 4) is 0 Å². The number of nitrogens with one attached hydrogen (secondary N) is 3. The van der Waals surface area contributed by atoms with E-state index in [1.165, 1.54) is 0 Å². The number of ether oxygens (including phenoxy) is 1. The predicted molar refractivity (Wildman–Crippen MR) is 94.0 cm³/mol. The lowest BCUT2D eigenvalue weighted by atomic mass is 10.0. The Hall–Kier alpha value is -1.89. The Balaban J connectivity index is 1.28. The molecule has 0 unspecified atom stereocenters. The molecule has 2 bridgehead atoms. The van der Waals surface area contributed by atoms with Crippen LogP contribution in [0.2, 0.25) is 5.02 Å². The van der Waals surface area contributed by atoms with Crippen LogP contribution in [-0.2, 0) is 4.74 Å². The van der Waals surface area contributed by atoms with E-state index < -0.39 is 0 Å². The summed E-state index contributed by atoms with van der Waals surface area (Å²) >= 11 is 6.29. The van der Waals surface area contributed by atoms with Crippen molar-refractivity contribution in [1.29, 1.82) is 0 Å². The molecule has 1 amide bonds. The molecule has 0 spiro atoms. The summed E-state index contributed by atoms with van der Waals surface area (Å²) in [6, 6.07) is 8.19. The Bertz CT molecular complexity index is 815. The molecule has 2 saturated heterocycles. The third-order valence-corrected chi connectivity index (χ3v) is 5.64. The minimum absolute atomic E-state index is 0.102. The van der Waals surface area contributed by atoms with E-state index in [0.29, 0.717) is 23.1 Å². The van der Waals surface area contributed by atoms with Crippen molar-refractivity contribution >= 4 is 23.2 Å². The number of rotatable bonds is 4. The molecule has 6 nitrogen and oxygen atoms in total. The van der Waals surface area contributed by atoms with Crippen LogP contribution in [0.1, 0.15) is 53.0 Å². The molecule has 3 N–H and O–H groups in total. The number of nitrogens with zero attached hydrogens (tertiary/aromatic N) is 1. The Morgan fingerprint density at radius 2 is 2.08 bits per heavy atom. The van der Waals surface area contributed by atoms with Gasteiger partial charge in [-0.2, -0.15) is 5.10 Å². The van der Waals surface area contributed by atoms with E-state index in [1.54, 1.807) is 0 Å². The minimum atomic E-state index is -0.293. The zero-order valence-corrected chi connectivity index (χ0v) is 14.3. The summed E-state index contributed by atoms with van der Waals surface area (Å²) in [5, 5.41) is 13.8. The average Bonchev–Trinajstić information content (AvgIpc) is 3.05. The minimum Gasteiger partial charge on any atom is -0.367 e. The zero-order valence-electron chi connectivity index (χ0n) is 13.6. The van der Waals surface area contributed by atoms with Crippen molar-refractivity contribution < 1.29 is 9.53 Å². The third kappa shape index (κ3) is 2.74. The molecule has 3 atom stereocenters. The number of carbonyl (C=O) groups excluding carboxylic acids is 1. The van der Waals surface area contributed by atoms with Gasteiger partial charge < -0.3 is 15.4 Å². The SMILES string of the molecule is O=C(Nc1ccc([C@@H]2O[C@H]3CN[C@@H]2C3)cc1)c1n[nH]c(C2CC2)c1Cl. The number of benzene rings is 1. The average molecular weight is 359 g/mol. The van der Waals surface area contributed by atoms with Gasteiger partial charge in [0, 0.05) is 24.2 Å². The van der Waals surface area contributed by atoms with Gasteiger partial charge in [-0.15, -0.1) is 0 Å². The van der Waals surface area contributed by atoms with Crippen LogP contribution in [0.3, 0.4) is 0 Å². The normalized spacial score (nSPS) is 27.6. The summed E-state index contributed by atoms with van der Waals surface area (Å²) in [5.74, 6) is 0.134. The van der Waals surface area contributed by atoms with Gasteiger partial charge in [-0.1, -0.05) is 23.7 Å². The van der Waals surface area contributed by atoms with E-state index in [4.69, 9.17) is 16.3 Å². The number of morpholine rings is 1. The summed E-state index contributed by atoms with van der Waals surface area (Å²) < 4.78 is 6.00. The Labute approximate surface area is 150 Å². The monoisotopic (exact) mass is 358 g/mol. The Morgan fingerprint density at radius 1 is 1.28 bits per heavy atom. The molecule has 0 radical (unpaired) electrons. The number of hydrogen-bond donors (Lipinski definition) is 3. The van der Waals surface area contributed by atoms with Crippen LogP contribution in [0.4, 0.5) is 5.69 Å². The first kappa shape index (κ1) is 15.4. The summed E-state index contributed by atoms with van der Waals surface area (Å²) in [4.78, 5) is 12.4. The van der Waals surface area contributed by atoms with Crippen LogP contribution in [0.15, 0.2) is 24.3 Å². The molecule has 2 aromatic rings. The summed E-state index contributed by atoms with van der Waals surface area (Å²) in [6.45, 7) is 0.947. The summed E-state index contributed by atoms with van der Waals surface area (Å²) in [7, 11) is 0. The van der Waals surface area contributed by atoms with E-state index in [0.717, 1.165) is 42.8 Å². The van der Waals surface area contributed by atoms with Gasteiger partial charge in [0.05, 0.1) is 22.9 Å². The molecule has 25 heavy (non-hydrogen) atoms. The van der Waals surface area contributed by atoms with E-state index in [1.807, 2.05) is 24.3 Å². The molecular formula is C18H19ClN4O2. The first-order chi connectivity index (χ1) is 12.2. The highest BCUT2D eigenvalue weighted by Crippen LogP contribution is 2.43. The maximum atomic E-state index is 12.4. The van der Waals surface area contributed by atoms with Gasteiger partial charge in [0.1, 0.15) is 0 Å². The van der Waals surface area contributed by atoms with Crippen LogP contribution >= 0.6 is 11.6 Å². The molecule has 2 aliphatic heterocycles. The van der Waals surface area contributed by atoms with Crippen LogP contribution in [0.25, 0.3) is 0 Å². The first-order valence-electron chi connectivity index (χ1n) is 8.73. The second-order valence-corrected chi connectivity index (χ2v) is 7.46. The summed E-state index contributed by atoms with van der Waals surface area (Å²) in [5.41, 5.74) is 2.99. The van der Waals surface area contributed by atoms with Crippen LogP contribution in [0.5, 0.6) is 0 Å².